The van der Waals surface area contributed by atoms with Crippen molar-refractivity contribution in [2.75, 3.05) is 32.0 Å². The molecule has 1 amide bonds. The molecule has 27 heavy (non-hydrogen) atoms. The fourth-order valence-corrected chi connectivity index (χ4v) is 3.52. The van der Waals surface area contributed by atoms with Gasteiger partial charge in [0, 0.05) is 62.4 Å². The zero-order valence-electron chi connectivity index (χ0n) is 15.7. The average molecular weight is 433 g/mol. The molecule has 0 saturated carbocycles. The van der Waals surface area contributed by atoms with Crippen LogP contribution in [0.5, 0.6) is 0 Å². The second-order valence-corrected chi connectivity index (χ2v) is 7.57. The zero-order chi connectivity index (χ0) is 19.2. The van der Waals surface area contributed by atoms with Crippen LogP contribution < -0.4 is 10.6 Å². The third-order valence-corrected chi connectivity index (χ3v) is 5.19. The maximum Gasteiger partial charge on any atom is 0.226 e. The van der Waals surface area contributed by atoms with Crippen LogP contribution >= 0.6 is 15.9 Å². The highest BCUT2D eigenvalue weighted by molar-refractivity contribution is 9.10. The van der Waals surface area contributed by atoms with Crippen molar-refractivity contribution >= 4 is 33.5 Å². The second kappa shape index (κ2) is 9.03. The number of aliphatic imine (C=N–C) groups is 1. The summed E-state index contributed by atoms with van der Waals surface area (Å²) in [6, 6.07) is 7.55. The van der Waals surface area contributed by atoms with E-state index in [1.165, 1.54) is 5.56 Å². The van der Waals surface area contributed by atoms with E-state index >= 15 is 0 Å². The fourth-order valence-electron chi connectivity index (χ4n) is 3.25. The van der Waals surface area contributed by atoms with Crippen molar-refractivity contribution in [1.29, 1.82) is 0 Å². The molecule has 3 rings (SSSR count). The van der Waals surface area contributed by atoms with Crippen LogP contribution in [0.4, 0.5) is 5.69 Å². The first kappa shape index (κ1) is 19.4. The number of aromatic nitrogens is 2. The predicted molar refractivity (Wildman–Crippen MR) is 111 cm³/mol. The Bertz CT molecular complexity index is 801. The summed E-state index contributed by atoms with van der Waals surface area (Å²) in [5.41, 5.74) is 2.07. The summed E-state index contributed by atoms with van der Waals surface area (Å²) in [4.78, 5) is 18.7. The fraction of sp³-hybridized carbons (Fsp3) is 0.421. The van der Waals surface area contributed by atoms with Gasteiger partial charge in [-0.05, 0) is 36.2 Å². The Balaban J connectivity index is 1.44. The van der Waals surface area contributed by atoms with E-state index in [0.717, 1.165) is 35.6 Å². The molecule has 1 unspecified atom stereocenters. The molecule has 1 fully saturated rings. The van der Waals surface area contributed by atoms with Gasteiger partial charge >= 0.3 is 0 Å². The van der Waals surface area contributed by atoms with E-state index in [4.69, 9.17) is 0 Å². The quantitative estimate of drug-likeness (QED) is 0.562. The Hall–Kier alpha value is -2.35. The number of anilines is 1. The minimum absolute atomic E-state index is 0.0186. The summed E-state index contributed by atoms with van der Waals surface area (Å²) in [6.07, 6.45) is 5.49. The van der Waals surface area contributed by atoms with Gasteiger partial charge in [-0.2, -0.15) is 5.10 Å². The summed E-state index contributed by atoms with van der Waals surface area (Å²) >= 11 is 3.38. The van der Waals surface area contributed by atoms with Crippen molar-refractivity contribution in [3.63, 3.8) is 0 Å². The highest BCUT2D eigenvalue weighted by Gasteiger charge is 2.26. The van der Waals surface area contributed by atoms with Gasteiger partial charge in [-0.15, -0.1) is 0 Å². The van der Waals surface area contributed by atoms with E-state index in [2.05, 4.69) is 47.8 Å². The van der Waals surface area contributed by atoms with E-state index in [1.807, 2.05) is 42.2 Å². The maximum absolute atomic E-state index is 12.1. The molecule has 144 valence electrons. The lowest BCUT2D eigenvalue weighted by Gasteiger charge is -2.21. The van der Waals surface area contributed by atoms with Crippen molar-refractivity contribution in [2.45, 2.75) is 18.8 Å². The Labute approximate surface area is 168 Å². The lowest BCUT2D eigenvalue weighted by atomic mass is 10.0. The molecule has 7 nitrogen and oxygen atoms in total. The molecule has 1 aromatic heterocycles. The number of aryl methyl sites for hydroxylation is 1. The molecule has 0 bridgehead atoms. The molecule has 1 aliphatic heterocycles. The number of halogens is 1. The summed E-state index contributed by atoms with van der Waals surface area (Å²) in [7, 11) is 3.72. The van der Waals surface area contributed by atoms with Crippen LogP contribution in [0, 0.1) is 0 Å². The van der Waals surface area contributed by atoms with Gasteiger partial charge in [-0.1, -0.05) is 15.9 Å². The molecule has 0 aliphatic carbocycles. The average Bonchev–Trinajstić information content (AvgIpc) is 3.30. The molecule has 8 heteroatoms. The predicted octanol–water partition coefficient (Wildman–Crippen LogP) is 2.58. The van der Waals surface area contributed by atoms with E-state index in [0.29, 0.717) is 18.9 Å². The molecule has 1 aromatic carbocycles. The van der Waals surface area contributed by atoms with Gasteiger partial charge in [0.2, 0.25) is 5.91 Å². The van der Waals surface area contributed by atoms with Crippen LogP contribution in [-0.4, -0.2) is 53.2 Å². The van der Waals surface area contributed by atoms with Crippen molar-refractivity contribution in [3.05, 3.63) is 46.7 Å². The lowest BCUT2D eigenvalue weighted by Crippen LogP contribution is -2.41. The number of likely N-dealkylation sites (tertiary alicyclic amines) is 1. The van der Waals surface area contributed by atoms with Crippen molar-refractivity contribution in [3.8, 4) is 0 Å². The number of carbonyl (C=O) groups excluding carboxylic acids is 1. The van der Waals surface area contributed by atoms with Gasteiger partial charge in [-0.3, -0.25) is 14.5 Å². The van der Waals surface area contributed by atoms with E-state index in [9.17, 15) is 4.79 Å². The van der Waals surface area contributed by atoms with Crippen LogP contribution in [-0.2, 0) is 11.8 Å². The number of nitrogens with one attached hydrogen (secondary N) is 2. The molecule has 1 atom stereocenters. The first-order chi connectivity index (χ1) is 13.0. The van der Waals surface area contributed by atoms with Crippen LogP contribution in [0.15, 0.2) is 46.1 Å². The van der Waals surface area contributed by atoms with E-state index in [1.54, 1.807) is 7.05 Å². The number of carbonyl (C=O) groups is 1. The van der Waals surface area contributed by atoms with Crippen molar-refractivity contribution in [2.24, 2.45) is 12.0 Å². The molecule has 2 aromatic rings. The number of hydrogen-bond donors (Lipinski definition) is 2. The molecule has 2 N–H and O–H groups in total. The summed E-state index contributed by atoms with van der Waals surface area (Å²) in [5.74, 6) is 1.30. The largest absolute Gasteiger partial charge is 0.356 e. The SMILES string of the molecule is CN=C(NCCC(=O)Nc1ccc(Br)cc1)N1CCC(c2cnn(C)c2)C1. The second-order valence-electron chi connectivity index (χ2n) is 6.66. The molecule has 0 spiro atoms. The first-order valence-corrected chi connectivity index (χ1v) is 9.84. The number of nitrogens with zero attached hydrogens (tertiary/aromatic N) is 4. The van der Waals surface area contributed by atoms with Gasteiger partial charge in [0.15, 0.2) is 5.96 Å². The van der Waals surface area contributed by atoms with E-state index < -0.39 is 0 Å². The normalized spacial score (nSPS) is 17.2. The number of hydrogen-bond acceptors (Lipinski definition) is 3. The van der Waals surface area contributed by atoms with Crippen LogP contribution in [0.2, 0.25) is 0 Å². The van der Waals surface area contributed by atoms with Crippen LogP contribution in [0.3, 0.4) is 0 Å². The molecule has 0 radical (unpaired) electrons. The summed E-state index contributed by atoms with van der Waals surface area (Å²) in [6.45, 7) is 2.41. The number of benzene rings is 1. The standard InChI is InChI=1S/C19H25BrN6O/c1-21-19(26-10-8-14(13-26)15-11-23-25(2)12-15)22-9-7-18(27)24-17-5-3-16(20)4-6-17/h3-6,11-12,14H,7-10,13H2,1-2H3,(H,21,22)(H,24,27). The third-order valence-electron chi connectivity index (χ3n) is 4.66. The van der Waals surface area contributed by atoms with E-state index in [-0.39, 0.29) is 5.91 Å². The third kappa shape index (κ3) is 5.32. The van der Waals surface area contributed by atoms with Crippen molar-refractivity contribution in [1.82, 2.24) is 20.0 Å². The number of guanidine groups is 1. The Morgan fingerprint density at radius 2 is 2.15 bits per heavy atom. The van der Waals surface area contributed by atoms with Crippen LogP contribution in [0.1, 0.15) is 24.3 Å². The highest BCUT2D eigenvalue weighted by Crippen LogP contribution is 2.26. The molecule has 1 aliphatic rings. The first-order valence-electron chi connectivity index (χ1n) is 9.04. The zero-order valence-corrected chi connectivity index (χ0v) is 17.2. The maximum atomic E-state index is 12.1. The molecular formula is C19H25BrN6O. The molecule has 2 heterocycles. The van der Waals surface area contributed by atoms with Crippen LogP contribution in [0.25, 0.3) is 0 Å². The highest BCUT2D eigenvalue weighted by atomic mass is 79.9. The van der Waals surface area contributed by atoms with Gasteiger partial charge in [0.1, 0.15) is 0 Å². The van der Waals surface area contributed by atoms with Crippen molar-refractivity contribution < 1.29 is 4.79 Å². The minimum Gasteiger partial charge on any atom is -0.356 e. The number of amides is 1. The monoisotopic (exact) mass is 432 g/mol. The number of rotatable bonds is 5. The molecular weight excluding hydrogens is 408 g/mol. The lowest BCUT2D eigenvalue weighted by molar-refractivity contribution is -0.116. The Morgan fingerprint density at radius 1 is 1.37 bits per heavy atom. The summed E-state index contributed by atoms with van der Waals surface area (Å²) in [5, 5.41) is 10.5. The van der Waals surface area contributed by atoms with Gasteiger partial charge in [0.25, 0.3) is 0 Å². The smallest absolute Gasteiger partial charge is 0.226 e. The van der Waals surface area contributed by atoms with Gasteiger partial charge in [0.05, 0.1) is 6.20 Å². The Kier molecular flexibility index (Phi) is 6.49. The topological polar surface area (TPSA) is 74.6 Å². The Morgan fingerprint density at radius 3 is 2.81 bits per heavy atom. The summed E-state index contributed by atoms with van der Waals surface area (Å²) < 4.78 is 2.83. The van der Waals surface area contributed by atoms with Gasteiger partial charge < -0.3 is 15.5 Å². The molecule has 1 saturated heterocycles. The van der Waals surface area contributed by atoms with Gasteiger partial charge in [-0.25, -0.2) is 0 Å². The minimum atomic E-state index is -0.0186.